The van der Waals surface area contributed by atoms with E-state index in [4.69, 9.17) is 17.3 Å². The van der Waals surface area contributed by atoms with Crippen molar-refractivity contribution in [1.29, 1.82) is 0 Å². The first-order valence-electron chi connectivity index (χ1n) is 5.70. The summed E-state index contributed by atoms with van der Waals surface area (Å²) in [6, 6.07) is 7.81. The molecule has 4 heteroatoms. The average Bonchev–Trinajstić information content (AvgIpc) is 2.79. The number of hydrogen-bond acceptors (Lipinski definition) is 3. The Hall–Kier alpha value is -0.900. The number of nitrogens with two attached hydrogens (primary N) is 1. The Morgan fingerprint density at radius 1 is 1.24 bits per heavy atom. The van der Waals surface area contributed by atoms with Gasteiger partial charge in [0.1, 0.15) is 0 Å². The largest absolute Gasteiger partial charge is 0.330 e. The number of thiazole rings is 1. The molecule has 0 aliphatic carbocycles. The van der Waals surface area contributed by atoms with Crippen molar-refractivity contribution in [2.24, 2.45) is 5.73 Å². The van der Waals surface area contributed by atoms with Crippen molar-refractivity contribution >= 4 is 22.9 Å². The molecule has 1 aromatic carbocycles. The van der Waals surface area contributed by atoms with Crippen LogP contribution >= 0.6 is 22.9 Å². The van der Waals surface area contributed by atoms with Crippen LogP contribution in [-0.2, 0) is 6.42 Å². The van der Waals surface area contributed by atoms with Crippen LogP contribution in [0.5, 0.6) is 0 Å². The molecule has 90 valence electrons. The summed E-state index contributed by atoms with van der Waals surface area (Å²) < 4.78 is 0. The highest BCUT2D eigenvalue weighted by atomic mass is 35.5. The molecule has 2 nitrogen and oxygen atoms in total. The van der Waals surface area contributed by atoms with E-state index in [9.17, 15) is 0 Å². The first-order valence-corrected chi connectivity index (χ1v) is 6.96. The number of halogens is 1. The molecule has 0 aliphatic rings. The SMILES string of the molecule is NCCCCc1nc(-c2ccccc2Cl)cs1. The quantitative estimate of drug-likeness (QED) is 0.838. The van der Waals surface area contributed by atoms with Gasteiger partial charge in [-0.25, -0.2) is 4.98 Å². The van der Waals surface area contributed by atoms with Gasteiger partial charge in [-0.2, -0.15) is 0 Å². The molecule has 0 spiro atoms. The fourth-order valence-electron chi connectivity index (χ4n) is 1.64. The minimum Gasteiger partial charge on any atom is -0.330 e. The normalized spacial score (nSPS) is 10.7. The highest BCUT2D eigenvalue weighted by Gasteiger charge is 2.07. The minimum absolute atomic E-state index is 0.753. The van der Waals surface area contributed by atoms with E-state index in [1.54, 1.807) is 11.3 Å². The topological polar surface area (TPSA) is 38.9 Å². The second-order valence-electron chi connectivity index (χ2n) is 3.85. The van der Waals surface area contributed by atoms with Crippen molar-refractivity contribution in [2.75, 3.05) is 6.54 Å². The molecule has 0 fully saturated rings. The highest BCUT2D eigenvalue weighted by Crippen LogP contribution is 2.28. The predicted molar refractivity (Wildman–Crippen MR) is 74.6 cm³/mol. The second-order valence-corrected chi connectivity index (χ2v) is 5.20. The van der Waals surface area contributed by atoms with Gasteiger partial charge in [-0.1, -0.05) is 29.8 Å². The number of nitrogens with zero attached hydrogens (tertiary/aromatic N) is 1. The Kier molecular flexibility index (Phi) is 4.54. The van der Waals surface area contributed by atoms with Gasteiger partial charge in [0.25, 0.3) is 0 Å². The molecular weight excluding hydrogens is 252 g/mol. The molecule has 0 radical (unpaired) electrons. The van der Waals surface area contributed by atoms with Crippen molar-refractivity contribution in [3.05, 3.63) is 39.7 Å². The lowest BCUT2D eigenvalue weighted by molar-refractivity contribution is 0.742. The Morgan fingerprint density at radius 3 is 2.82 bits per heavy atom. The molecule has 0 aliphatic heterocycles. The molecule has 0 unspecified atom stereocenters. The van der Waals surface area contributed by atoms with E-state index in [1.807, 2.05) is 24.3 Å². The Bertz CT molecular complexity index is 482. The maximum atomic E-state index is 6.14. The summed E-state index contributed by atoms with van der Waals surface area (Å²) in [6.45, 7) is 0.753. The third kappa shape index (κ3) is 3.28. The van der Waals surface area contributed by atoms with E-state index >= 15 is 0 Å². The third-order valence-electron chi connectivity index (χ3n) is 2.55. The van der Waals surface area contributed by atoms with E-state index in [0.29, 0.717) is 0 Å². The van der Waals surface area contributed by atoms with Crippen molar-refractivity contribution in [2.45, 2.75) is 19.3 Å². The summed E-state index contributed by atoms with van der Waals surface area (Å²) in [6.07, 6.45) is 3.17. The van der Waals surface area contributed by atoms with E-state index in [0.717, 1.165) is 47.1 Å². The summed E-state index contributed by atoms with van der Waals surface area (Å²) in [5.41, 5.74) is 7.46. The second kappa shape index (κ2) is 6.15. The molecule has 2 aromatic rings. The lowest BCUT2D eigenvalue weighted by atomic mass is 10.2. The van der Waals surface area contributed by atoms with Gasteiger partial charge < -0.3 is 5.73 Å². The van der Waals surface area contributed by atoms with Crippen LogP contribution in [0.25, 0.3) is 11.3 Å². The van der Waals surface area contributed by atoms with Crippen LogP contribution in [0.1, 0.15) is 17.8 Å². The summed E-state index contributed by atoms with van der Waals surface area (Å²) in [5.74, 6) is 0. The van der Waals surface area contributed by atoms with Gasteiger partial charge in [-0.05, 0) is 31.9 Å². The van der Waals surface area contributed by atoms with E-state index < -0.39 is 0 Å². The Labute approximate surface area is 110 Å². The van der Waals surface area contributed by atoms with Gasteiger partial charge >= 0.3 is 0 Å². The number of benzene rings is 1. The molecule has 1 aromatic heterocycles. The molecular formula is C13H15ClN2S. The van der Waals surface area contributed by atoms with Gasteiger partial charge in [-0.15, -0.1) is 11.3 Å². The maximum absolute atomic E-state index is 6.14. The third-order valence-corrected chi connectivity index (χ3v) is 3.78. The average molecular weight is 267 g/mol. The summed E-state index contributed by atoms with van der Waals surface area (Å²) >= 11 is 7.84. The molecule has 17 heavy (non-hydrogen) atoms. The van der Waals surface area contributed by atoms with Crippen LogP contribution < -0.4 is 5.73 Å². The summed E-state index contributed by atoms with van der Waals surface area (Å²) in [5, 5.41) is 3.98. The number of aromatic nitrogens is 1. The number of rotatable bonds is 5. The van der Waals surface area contributed by atoms with Crippen LogP contribution in [0.15, 0.2) is 29.6 Å². The molecule has 2 rings (SSSR count). The fourth-order valence-corrected chi connectivity index (χ4v) is 2.71. The van der Waals surface area contributed by atoms with Gasteiger partial charge in [0.05, 0.1) is 10.7 Å². The molecule has 0 saturated carbocycles. The minimum atomic E-state index is 0.753. The zero-order valence-electron chi connectivity index (χ0n) is 9.53. The maximum Gasteiger partial charge on any atom is 0.0932 e. The van der Waals surface area contributed by atoms with Crippen LogP contribution in [0.4, 0.5) is 0 Å². The van der Waals surface area contributed by atoms with Crippen LogP contribution in [0.2, 0.25) is 5.02 Å². The molecule has 2 N–H and O–H groups in total. The van der Waals surface area contributed by atoms with Gasteiger partial charge in [0, 0.05) is 16.0 Å². The summed E-state index contributed by atoms with van der Waals surface area (Å²) in [4.78, 5) is 4.61. The van der Waals surface area contributed by atoms with Crippen molar-refractivity contribution in [3.63, 3.8) is 0 Å². The molecule has 0 atom stereocenters. The van der Waals surface area contributed by atoms with E-state index in [1.165, 1.54) is 0 Å². The van der Waals surface area contributed by atoms with Crippen molar-refractivity contribution in [1.82, 2.24) is 4.98 Å². The van der Waals surface area contributed by atoms with Gasteiger partial charge in [0.2, 0.25) is 0 Å². The molecule has 1 heterocycles. The van der Waals surface area contributed by atoms with Crippen LogP contribution in [0.3, 0.4) is 0 Å². The predicted octanol–water partition coefficient (Wildman–Crippen LogP) is 3.74. The monoisotopic (exact) mass is 266 g/mol. The van der Waals surface area contributed by atoms with E-state index in [-0.39, 0.29) is 0 Å². The zero-order chi connectivity index (χ0) is 12.1. The van der Waals surface area contributed by atoms with Crippen LogP contribution in [0, 0.1) is 0 Å². The molecule has 0 bridgehead atoms. The Balaban J connectivity index is 2.10. The van der Waals surface area contributed by atoms with Crippen LogP contribution in [-0.4, -0.2) is 11.5 Å². The Morgan fingerprint density at radius 2 is 2.06 bits per heavy atom. The summed E-state index contributed by atoms with van der Waals surface area (Å²) in [7, 11) is 0. The van der Waals surface area contributed by atoms with Crippen molar-refractivity contribution in [3.8, 4) is 11.3 Å². The zero-order valence-corrected chi connectivity index (χ0v) is 11.1. The van der Waals surface area contributed by atoms with Gasteiger partial charge in [0.15, 0.2) is 0 Å². The smallest absolute Gasteiger partial charge is 0.0932 e. The lowest BCUT2D eigenvalue weighted by Gasteiger charge is -1.99. The molecule has 0 saturated heterocycles. The first kappa shape index (κ1) is 12.6. The lowest BCUT2D eigenvalue weighted by Crippen LogP contribution is -1.98. The number of aryl methyl sites for hydroxylation is 1. The van der Waals surface area contributed by atoms with Gasteiger partial charge in [-0.3, -0.25) is 0 Å². The highest BCUT2D eigenvalue weighted by molar-refractivity contribution is 7.09. The fraction of sp³-hybridized carbons (Fsp3) is 0.308. The number of unbranched alkanes of at least 4 members (excludes halogenated alkanes) is 1. The molecule has 0 amide bonds. The van der Waals surface area contributed by atoms with Crippen molar-refractivity contribution < 1.29 is 0 Å². The first-order chi connectivity index (χ1) is 8.31. The standard InChI is InChI=1S/C13H15ClN2S/c14-11-6-2-1-5-10(11)12-9-17-13(16-12)7-3-4-8-15/h1-2,5-6,9H,3-4,7-8,15H2. The number of hydrogen-bond donors (Lipinski definition) is 1. The van der Waals surface area contributed by atoms with E-state index in [2.05, 4.69) is 10.4 Å².